The third kappa shape index (κ3) is 5.38. The number of hydrogen-bond acceptors (Lipinski definition) is 3. The molecule has 1 aliphatic heterocycles. The maximum Gasteiger partial charge on any atom is 0.135 e. The Hall–Kier alpha value is -9.18. The van der Waals surface area contributed by atoms with E-state index in [9.17, 15) is 0 Å². The molecule has 0 saturated carbocycles. The van der Waals surface area contributed by atoms with Crippen molar-refractivity contribution in [3.63, 3.8) is 0 Å². The van der Waals surface area contributed by atoms with E-state index in [4.69, 9.17) is 4.42 Å². The van der Waals surface area contributed by atoms with Crippen molar-refractivity contribution in [2.75, 3.05) is 9.80 Å². The van der Waals surface area contributed by atoms with Crippen LogP contribution in [0.25, 0.3) is 44.2 Å². The SMILES string of the molecule is c1ccc(N2c3ccccc3C3(c4ccccc4-c4c(N(c5ccc6c(c5)C(c5ccccc5)(c5ccccc5)c5ccccc5-6)c5ccc6oc7ccccc7c6c5)cccc43)c3ccccc32)cc1. The molecule has 3 aliphatic rings. The summed E-state index contributed by atoms with van der Waals surface area (Å²) in [7, 11) is 0. The average molecular weight is 905 g/mol. The minimum Gasteiger partial charge on any atom is -0.456 e. The third-order valence-electron chi connectivity index (χ3n) is 15.7. The van der Waals surface area contributed by atoms with Crippen molar-refractivity contribution in [1.29, 1.82) is 0 Å². The minimum atomic E-state index is -0.619. The van der Waals surface area contributed by atoms with Gasteiger partial charge < -0.3 is 14.2 Å². The van der Waals surface area contributed by atoms with Gasteiger partial charge in [0.25, 0.3) is 0 Å². The molecule has 0 unspecified atom stereocenters. The number of furan rings is 1. The normalized spacial score (nSPS) is 14.1. The molecule has 0 bridgehead atoms. The Morgan fingerprint density at radius 1 is 0.324 bits per heavy atom. The Morgan fingerprint density at radius 2 is 0.831 bits per heavy atom. The molecule has 3 nitrogen and oxygen atoms in total. The van der Waals surface area contributed by atoms with E-state index < -0.39 is 10.8 Å². The van der Waals surface area contributed by atoms with Gasteiger partial charge in [-0.2, -0.15) is 0 Å². The predicted molar refractivity (Wildman–Crippen MR) is 291 cm³/mol. The van der Waals surface area contributed by atoms with E-state index in [1.165, 1.54) is 78.1 Å². The summed E-state index contributed by atoms with van der Waals surface area (Å²) in [6, 6.07) is 98.7. The predicted octanol–water partition coefficient (Wildman–Crippen LogP) is 17.6. The highest BCUT2D eigenvalue weighted by molar-refractivity contribution is 6.08. The number of benzene rings is 11. The average Bonchev–Trinajstić information content (AvgIpc) is 4.07. The lowest BCUT2D eigenvalue weighted by Gasteiger charge is -2.45. The number of anilines is 6. The van der Waals surface area contributed by atoms with Gasteiger partial charge in [-0.1, -0.05) is 200 Å². The first-order chi connectivity index (χ1) is 35.2. The molecule has 2 heterocycles. The summed E-state index contributed by atoms with van der Waals surface area (Å²) < 4.78 is 6.50. The van der Waals surface area contributed by atoms with Crippen molar-refractivity contribution in [3.05, 3.63) is 311 Å². The monoisotopic (exact) mass is 904 g/mol. The summed E-state index contributed by atoms with van der Waals surface area (Å²) in [6.07, 6.45) is 0. The molecule has 332 valence electrons. The molecule has 0 amide bonds. The van der Waals surface area contributed by atoms with Gasteiger partial charge in [0.1, 0.15) is 11.2 Å². The van der Waals surface area contributed by atoms with Crippen LogP contribution in [0.5, 0.6) is 0 Å². The van der Waals surface area contributed by atoms with Gasteiger partial charge in [0.05, 0.1) is 27.9 Å². The van der Waals surface area contributed by atoms with E-state index in [-0.39, 0.29) is 0 Å². The first kappa shape index (κ1) is 39.8. The lowest BCUT2D eigenvalue weighted by molar-refractivity contribution is 0.669. The highest BCUT2D eigenvalue weighted by Gasteiger charge is 2.53. The van der Waals surface area contributed by atoms with Crippen LogP contribution in [0.3, 0.4) is 0 Å². The largest absolute Gasteiger partial charge is 0.456 e. The molecular formula is C68H44N2O. The molecule has 0 N–H and O–H groups in total. The fourth-order valence-corrected chi connectivity index (χ4v) is 13.0. The maximum absolute atomic E-state index is 6.50. The van der Waals surface area contributed by atoms with Gasteiger partial charge in [-0.05, 0) is 128 Å². The zero-order valence-corrected chi connectivity index (χ0v) is 38.7. The Labute approximate surface area is 412 Å². The number of fused-ring (bicyclic) bond motifs is 15. The maximum atomic E-state index is 6.50. The van der Waals surface area contributed by atoms with Crippen LogP contribution in [0.15, 0.2) is 271 Å². The van der Waals surface area contributed by atoms with Crippen LogP contribution < -0.4 is 9.80 Å². The van der Waals surface area contributed by atoms with Crippen molar-refractivity contribution in [1.82, 2.24) is 0 Å². The van der Waals surface area contributed by atoms with Gasteiger partial charge in [0, 0.05) is 33.4 Å². The van der Waals surface area contributed by atoms with Crippen LogP contribution >= 0.6 is 0 Å². The smallest absolute Gasteiger partial charge is 0.135 e. The number of para-hydroxylation sites is 4. The first-order valence-electron chi connectivity index (χ1n) is 24.6. The molecule has 11 aromatic carbocycles. The Morgan fingerprint density at radius 3 is 1.54 bits per heavy atom. The molecular weight excluding hydrogens is 861 g/mol. The van der Waals surface area contributed by atoms with E-state index in [1.54, 1.807) is 0 Å². The van der Waals surface area contributed by atoms with Crippen molar-refractivity contribution < 1.29 is 4.42 Å². The Balaban J connectivity index is 1.04. The second-order valence-corrected chi connectivity index (χ2v) is 19.1. The van der Waals surface area contributed by atoms with E-state index in [0.717, 1.165) is 44.7 Å². The minimum absolute atomic E-state index is 0.573. The molecule has 15 rings (SSSR count). The van der Waals surface area contributed by atoms with Gasteiger partial charge in [0.2, 0.25) is 0 Å². The van der Waals surface area contributed by atoms with Gasteiger partial charge in [-0.3, -0.25) is 0 Å². The summed E-state index contributed by atoms with van der Waals surface area (Å²) in [6.45, 7) is 0. The molecule has 0 atom stereocenters. The first-order valence-corrected chi connectivity index (χ1v) is 24.6. The van der Waals surface area contributed by atoms with Crippen LogP contribution in [0.1, 0.15) is 44.5 Å². The number of rotatable bonds is 6. The second kappa shape index (κ2) is 15.2. The van der Waals surface area contributed by atoms with Crippen LogP contribution in [-0.2, 0) is 10.8 Å². The summed E-state index contributed by atoms with van der Waals surface area (Å²) in [5, 5.41) is 2.18. The van der Waals surface area contributed by atoms with E-state index in [1.807, 2.05) is 6.07 Å². The summed E-state index contributed by atoms with van der Waals surface area (Å²) >= 11 is 0. The molecule has 3 heteroatoms. The van der Waals surface area contributed by atoms with Crippen molar-refractivity contribution in [3.8, 4) is 22.3 Å². The molecule has 2 aliphatic carbocycles. The summed E-state index contributed by atoms with van der Waals surface area (Å²) in [5.41, 5.74) is 22.3. The lowest BCUT2D eigenvalue weighted by Crippen LogP contribution is -2.36. The van der Waals surface area contributed by atoms with Crippen molar-refractivity contribution >= 4 is 56.1 Å². The Bertz CT molecular complexity index is 3990. The summed E-state index contributed by atoms with van der Waals surface area (Å²) in [5.74, 6) is 0. The van der Waals surface area contributed by atoms with Gasteiger partial charge in [-0.25, -0.2) is 0 Å². The number of nitrogens with zero attached hydrogens (tertiary/aromatic N) is 2. The molecule has 0 saturated heterocycles. The van der Waals surface area contributed by atoms with Crippen molar-refractivity contribution in [2.24, 2.45) is 0 Å². The third-order valence-corrected chi connectivity index (χ3v) is 15.7. The quantitative estimate of drug-likeness (QED) is 0.166. The topological polar surface area (TPSA) is 19.6 Å². The Kier molecular flexibility index (Phi) is 8.49. The van der Waals surface area contributed by atoms with E-state index >= 15 is 0 Å². The van der Waals surface area contributed by atoms with Crippen LogP contribution in [0, 0.1) is 0 Å². The molecule has 0 radical (unpaired) electrons. The standard InChI is InChI=1S/C68H44N2O/c1-4-21-45(22-5-1)67(46-23-6-2-7-24-46)55-30-13-10-27-50(55)51-41-39-49(44-60(51)67)69(48-40-42-65-54(43-48)52-28-12-19-38-64(52)71-65)63-37-20-34-59-66(63)53-29-11-14-31-56(53)68(59)57-32-15-17-35-61(57)70(47-25-8-3-9-26-47)62-36-18-16-33-58(62)68/h1-44H. The van der Waals surface area contributed by atoms with Gasteiger partial charge >= 0.3 is 0 Å². The zero-order chi connectivity index (χ0) is 46.7. The van der Waals surface area contributed by atoms with E-state index in [0.29, 0.717) is 0 Å². The van der Waals surface area contributed by atoms with Crippen LogP contribution in [0.4, 0.5) is 34.1 Å². The molecule has 71 heavy (non-hydrogen) atoms. The molecule has 0 fully saturated rings. The number of hydrogen-bond donors (Lipinski definition) is 0. The fourth-order valence-electron chi connectivity index (χ4n) is 13.0. The van der Waals surface area contributed by atoms with Gasteiger partial charge in [-0.15, -0.1) is 0 Å². The molecule has 12 aromatic rings. The lowest BCUT2D eigenvalue weighted by atomic mass is 9.64. The van der Waals surface area contributed by atoms with E-state index in [2.05, 4.69) is 271 Å². The van der Waals surface area contributed by atoms with Crippen LogP contribution in [-0.4, -0.2) is 0 Å². The van der Waals surface area contributed by atoms with Crippen LogP contribution in [0.2, 0.25) is 0 Å². The summed E-state index contributed by atoms with van der Waals surface area (Å²) in [4.78, 5) is 4.97. The van der Waals surface area contributed by atoms with Crippen molar-refractivity contribution in [2.45, 2.75) is 10.8 Å². The zero-order valence-electron chi connectivity index (χ0n) is 38.7. The molecule has 1 spiro atoms. The second-order valence-electron chi connectivity index (χ2n) is 19.1. The molecule has 1 aromatic heterocycles. The fraction of sp³-hybridized carbons (Fsp3) is 0.0294. The van der Waals surface area contributed by atoms with Gasteiger partial charge in [0.15, 0.2) is 0 Å². The highest BCUT2D eigenvalue weighted by Crippen LogP contribution is 2.66. The highest BCUT2D eigenvalue weighted by atomic mass is 16.3.